The van der Waals surface area contributed by atoms with Gasteiger partial charge in [-0.25, -0.2) is 4.98 Å². The van der Waals surface area contributed by atoms with Gasteiger partial charge in [-0.15, -0.1) is 11.3 Å². The molecule has 47 heavy (non-hydrogen) atoms. The monoisotopic (exact) mass is 619 g/mol. The molecule has 0 fully saturated rings. The molecule has 0 bridgehead atoms. The zero-order chi connectivity index (χ0) is 31.3. The summed E-state index contributed by atoms with van der Waals surface area (Å²) in [6, 6.07) is 40.8. The quantitative estimate of drug-likeness (QED) is 0.169. The van der Waals surface area contributed by atoms with Crippen LogP contribution in [0.5, 0.6) is 0 Å². The van der Waals surface area contributed by atoms with Gasteiger partial charge in [0.2, 0.25) is 5.78 Å². The third kappa shape index (κ3) is 3.03. The average Bonchev–Trinajstić information content (AvgIpc) is 3.73. The van der Waals surface area contributed by atoms with Crippen molar-refractivity contribution >= 4 is 82.5 Å². The smallest absolute Gasteiger partial charge is 0.259 e. The summed E-state index contributed by atoms with van der Waals surface area (Å²) in [6.45, 7) is 9.42. The second-order valence-electron chi connectivity index (χ2n) is 14.0. The van der Waals surface area contributed by atoms with Gasteiger partial charge in [-0.2, -0.15) is 0 Å². The van der Waals surface area contributed by atoms with Crippen LogP contribution in [0.2, 0.25) is 0 Å². The van der Waals surface area contributed by atoms with E-state index in [9.17, 15) is 0 Å². The topological polar surface area (TPSA) is 22.2 Å². The molecule has 0 amide bonds. The van der Waals surface area contributed by atoms with Crippen molar-refractivity contribution in [2.24, 2.45) is 0 Å². The summed E-state index contributed by atoms with van der Waals surface area (Å²) in [6.07, 6.45) is 0. The molecule has 3 nitrogen and oxygen atoms in total. The summed E-state index contributed by atoms with van der Waals surface area (Å²) in [5.41, 5.74) is 16.7. The Balaban J connectivity index is 1.39. The van der Waals surface area contributed by atoms with Crippen LogP contribution in [-0.2, 0) is 5.41 Å². The fourth-order valence-corrected chi connectivity index (χ4v) is 10.6. The van der Waals surface area contributed by atoms with Crippen molar-refractivity contribution in [2.45, 2.75) is 33.1 Å². The van der Waals surface area contributed by atoms with E-state index < -0.39 is 0 Å². The van der Waals surface area contributed by atoms with E-state index in [4.69, 9.17) is 4.98 Å². The van der Waals surface area contributed by atoms with Gasteiger partial charge in [0.15, 0.2) is 0 Å². The number of fused-ring (bicyclic) bond motifs is 13. The van der Waals surface area contributed by atoms with E-state index in [1.54, 1.807) is 0 Å². The van der Waals surface area contributed by atoms with Gasteiger partial charge in [0.25, 0.3) is 6.71 Å². The van der Waals surface area contributed by atoms with Crippen LogP contribution in [0.1, 0.15) is 36.1 Å². The molecule has 0 saturated heterocycles. The number of nitrogens with zero attached hydrogens (tertiary/aromatic N) is 3. The fraction of sp³-hybridized carbons (Fsp3) is 0.119. The Morgan fingerprint density at radius 3 is 2.38 bits per heavy atom. The Kier molecular flexibility index (Phi) is 4.76. The summed E-state index contributed by atoms with van der Waals surface area (Å²) in [5, 5.41) is 3.86. The molecule has 0 unspecified atom stereocenters. The second kappa shape index (κ2) is 8.61. The zero-order valence-corrected chi connectivity index (χ0v) is 27.5. The van der Waals surface area contributed by atoms with E-state index in [0.717, 1.165) is 11.3 Å². The second-order valence-corrected chi connectivity index (χ2v) is 15.1. The van der Waals surface area contributed by atoms with Crippen LogP contribution < -0.4 is 15.7 Å². The number of hydrogen-bond donors (Lipinski definition) is 0. The van der Waals surface area contributed by atoms with Crippen molar-refractivity contribution in [3.63, 3.8) is 0 Å². The van der Waals surface area contributed by atoms with Crippen LogP contribution >= 0.6 is 11.3 Å². The van der Waals surface area contributed by atoms with Crippen LogP contribution in [0, 0.1) is 13.8 Å². The Bertz CT molecular complexity index is 2840. The molecule has 0 spiro atoms. The molecule has 1 aliphatic carbocycles. The molecule has 5 heteroatoms. The summed E-state index contributed by atoms with van der Waals surface area (Å²) in [7, 11) is 0. The maximum Gasteiger partial charge on any atom is 0.259 e. The molecule has 0 saturated carbocycles. The first-order valence-electron chi connectivity index (χ1n) is 16.5. The Morgan fingerprint density at radius 1 is 0.723 bits per heavy atom. The minimum atomic E-state index is -0.157. The van der Waals surface area contributed by atoms with E-state index in [1.165, 1.54) is 92.2 Å². The van der Waals surface area contributed by atoms with Crippen molar-refractivity contribution < 1.29 is 0 Å². The van der Waals surface area contributed by atoms with Gasteiger partial charge in [-0.05, 0) is 65.1 Å². The predicted molar refractivity (Wildman–Crippen MR) is 201 cm³/mol. The molecule has 0 N–H and O–H groups in total. The largest absolute Gasteiger partial charge is 0.279 e. The van der Waals surface area contributed by atoms with Crippen LogP contribution in [0.25, 0.3) is 65.5 Å². The number of thiophene rings is 1. The van der Waals surface area contributed by atoms with Gasteiger partial charge in [0.05, 0.1) is 27.8 Å². The minimum absolute atomic E-state index is 0.140. The first kappa shape index (κ1) is 26.0. The first-order chi connectivity index (χ1) is 22.9. The van der Waals surface area contributed by atoms with Crippen molar-refractivity contribution in [2.75, 3.05) is 0 Å². The van der Waals surface area contributed by atoms with Gasteiger partial charge in [-0.1, -0.05) is 121 Å². The summed E-state index contributed by atoms with van der Waals surface area (Å²) < 4.78 is 7.69. The molecule has 6 aromatic carbocycles. The lowest BCUT2D eigenvalue weighted by molar-refractivity contribution is 0.665. The Hall–Kier alpha value is -5.13. The summed E-state index contributed by atoms with van der Waals surface area (Å²) >= 11 is 1.94. The zero-order valence-electron chi connectivity index (χ0n) is 26.7. The molecule has 0 radical (unpaired) electrons. The van der Waals surface area contributed by atoms with E-state index in [2.05, 4.69) is 146 Å². The summed E-state index contributed by atoms with van der Waals surface area (Å²) in [4.78, 5) is 5.73. The van der Waals surface area contributed by atoms with Gasteiger partial charge < -0.3 is 0 Å². The number of aryl methyl sites for hydroxylation is 2. The van der Waals surface area contributed by atoms with Crippen LogP contribution in [0.15, 0.2) is 109 Å². The normalized spacial score (nSPS) is 14.5. The van der Waals surface area contributed by atoms with Crippen LogP contribution in [0.3, 0.4) is 0 Å². The first-order valence-corrected chi connectivity index (χ1v) is 17.3. The average molecular weight is 620 g/mol. The number of imidazole rings is 1. The molecule has 11 rings (SSSR count). The highest BCUT2D eigenvalue weighted by Gasteiger charge is 2.40. The van der Waals surface area contributed by atoms with Crippen molar-refractivity contribution in [1.29, 1.82) is 0 Å². The summed E-state index contributed by atoms with van der Waals surface area (Å²) in [5.74, 6) is 0.984. The molecule has 2 aliphatic rings. The van der Waals surface area contributed by atoms with Crippen molar-refractivity contribution in [1.82, 2.24) is 14.0 Å². The number of rotatable bonds is 1. The Morgan fingerprint density at radius 2 is 1.51 bits per heavy atom. The lowest BCUT2D eigenvalue weighted by Gasteiger charge is -2.29. The number of hydrogen-bond acceptors (Lipinski definition) is 2. The third-order valence-corrected chi connectivity index (χ3v) is 12.5. The van der Waals surface area contributed by atoms with Crippen LogP contribution in [-0.4, -0.2) is 20.7 Å². The molecule has 0 atom stereocenters. The SMILES string of the molecule is Cc1cccc(C)c1B1c2sc3ccccc3c2-n2c3c1ccc1cccc(c13)n1c3ccc4c(c3nc21)C(C)(C)c1ccccc1-4. The standard InChI is InChI=1S/C42H30BN3S/c1-23-11-9-12-24(2)36(23)43-30-21-19-25-13-10-17-31-34(25)39(30)46(38-28-15-6-8-18-33(28)47-40(38)43)41-44-37-32(45(31)41)22-20-27-26-14-5-7-16-29(26)42(3,4)35(27)37/h5-22H,1-4H3. The molecule has 4 heterocycles. The maximum atomic E-state index is 5.73. The highest BCUT2D eigenvalue weighted by molar-refractivity contribution is 7.33. The predicted octanol–water partition coefficient (Wildman–Crippen LogP) is 8.55. The number of aromatic nitrogens is 3. The minimum Gasteiger partial charge on any atom is -0.279 e. The van der Waals surface area contributed by atoms with Crippen molar-refractivity contribution in [3.8, 4) is 16.8 Å². The maximum absolute atomic E-state index is 5.73. The van der Waals surface area contributed by atoms with Crippen molar-refractivity contribution in [3.05, 3.63) is 131 Å². The van der Waals surface area contributed by atoms with Gasteiger partial charge in [0.1, 0.15) is 0 Å². The van der Waals surface area contributed by atoms with E-state index in [0.29, 0.717) is 0 Å². The molecule has 1 aliphatic heterocycles. The van der Waals surface area contributed by atoms with Gasteiger partial charge in [0, 0.05) is 25.7 Å². The molecular formula is C42H30BN3S. The van der Waals surface area contributed by atoms with Gasteiger partial charge >= 0.3 is 0 Å². The lowest BCUT2D eigenvalue weighted by atomic mass is 9.37. The Labute approximate surface area is 276 Å². The van der Waals surface area contributed by atoms with Crippen LogP contribution in [0.4, 0.5) is 0 Å². The third-order valence-electron chi connectivity index (χ3n) is 11.2. The highest BCUT2D eigenvalue weighted by atomic mass is 32.1. The fourth-order valence-electron chi connectivity index (χ4n) is 9.29. The lowest BCUT2D eigenvalue weighted by Crippen LogP contribution is -2.56. The van der Waals surface area contributed by atoms with E-state index in [1.807, 2.05) is 11.3 Å². The molecule has 9 aromatic rings. The van der Waals surface area contributed by atoms with E-state index in [-0.39, 0.29) is 12.1 Å². The molecule has 222 valence electrons. The number of benzene rings is 6. The molecule has 3 aromatic heterocycles. The van der Waals surface area contributed by atoms with Gasteiger partial charge in [-0.3, -0.25) is 8.97 Å². The molecular weight excluding hydrogens is 589 g/mol. The van der Waals surface area contributed by atoms with E-state index >= 15 is 0 Å². The highest BCUT2D eigenvalue weighted by Crippen LogP contribution is 2.51.